The predicted molar refractivity (Wildman–Crippen MR) is 47.7 cm³/mol. The van der Waals surface area contributed by atoms with Crippen molar-refractivity contribution in [1.29, 1.82) is 0 Å². The number of Topliss-reactive ketones (excluding diaryl/α,β-unsaturated/α-hetero) is 1. The van der Waals surface area contributed by atoms with E-state index in [0.29, 0.717) is 18.3 Å². The largest absolute Gasteiger partial charge is 0.381 e. The summed E-state index contributed by atoms with van der Waals surface area (Å²) in [6.45, 7) is 4.27. The summed E-state index contributed by atoms with van der Waals surface area (Å²) in [4.78, 5) is 11.1. The van der Waals surface area contributed by atoms with E-state index in [1.165, 1.54) is 0 Å². The van der Waals surface area contributed by atoms with E-state index in [1.54, 1.807) is 6.08 Å². The first-order chi connectivity index (χ1) is 5.61. The monoisotopic (exact) mass is 168 g/mol. The van der Waals surface area contributed by atoms with Crippen molar-refractivity contribution in [3.05, 3.63) is 12.2 Å². The van der Waals surface area contributed by atoms with Gasteiger partial charge in [-0.3, -0.25) is 4.79 Å². The van der Waals surface area contributed by atoms with Gasteiger partial charge in [-0.15, -0.1) is 0 Å². The highest BCUT2D eigenvalue weighted by Crippen LogP contribution is 2.22. The fourth-order valence-electron chi connectivity index (χ4n) is 1.46. The molecule has 0 radical (unpaired) electrons. The zero-order valence-corrected chi connectivity index (χ0v) is 7.66. The van der Waals surface area contributed by atoms with Crippen LogP contribution in [0.5, 0.6) is 0 Å². The molecule has 0 bridgehead atoms. The molecule has 0 aliphatic heterocycles. The molecule has 0 aromatic carbocycles. The third kappa shape index (κ3) is 2.18. The summed E-state index contributed by atoms with van der Waals surface area (Å²) in [5.74, 6) is 0.958. The molecule has 1 aliphatic carbocycles. The lowest BCUT2D eigenvalue weighted by molar-refractivity contribution is -0.124. The summed E-state index contributed by atoms with van der Waals surface area (Å²) < 4.78 is 0. The van der Waals surface area contributed by atoms with Crippen LogP contribution in [0.15, 0.2) is 12.2 Å². The van der Waals surface area contributed by atoms with E-state index in [1.807, 2.05) is 6.08 Å². The van der Waals surface area contributed by atoms with Crippen LogP contribution in [0.25, 0.3) is 0 Å². The minimum atomic E-state index is -0.853. The number of rotatable bonds is 1. The van der Waals surface area contributed by atoms with E-state index in [0.717, 1.165) is 6.42 Å². The zero-order valence-electron chi connectivity index (χ0n) is 7.66. The van der Waals surface area contributed by atoms with Crippen LogP contribution in [0.4, 0.5) is 0 Å². The molecule has 1 rings (SSSR count). The summed E-state index contributed by atoms with van der Waals surface area (Å²) >= 11 is 0. The number of hydrogen-bond acceptors (Lipinski definition) is 2. The second-order valence-electron chi connectivity index (χ2n) is 3.74. The molecule has 0 heterocycles. The highest BCUT2D eigenvalue weighted by molar-refractivity contribution is 5.84. The third-order valence-electron chi connectivity index (χ3n) is 2.45. The first-order valence-corrected chi connectivity index (χ1v) is 4.50. The maximum Gasteiger partial charge on any atom is 0.165 e. The molecule has 0 saturated heterocycles. The highest BCUT2D eigenvalue weighted by Gasteiger charge is 2.20. The van der Waals surface area contributed by atoms with Crippen LogP contribution in [-0.2, 0) is 4.79 Å². The van der Waals surface area contributed by atoms with Crippen LogP contribution in [-0.4, -0.2) is 17.0 Å². The van der Waals surface area contributed by atoms with Gasteiger partial charge in [0.1, 0.15) is 6.10 Å². The summed E-state index contributed by atoms with van der Waals surface area (Å²) in [5.41, 5.74) is 0. The van der Waals surface area contributed by atoms with Gasteiger partial charge in [-0.2, -0.15) is 0 Å². The SMILES string of the molecule is CC(C)[C@H]1C=CC(O)C(=O)CC1. The average molecular weight is 168 g/mol. The normalized spacial score (nSPS) is 30.8. The molecule has 2 atom stereocenters. The van der Waals surface area contributed by atoms with Crippen molar-refractivity contribution in [1.82, 2.24) is 0 Å². The van der Waals surface area contributed by atoms with Crippen LogP contribution in [0, 0.1) is 11.8 Å². The predicted octanol–water partition coefficient (Wildman–Crippen LogP) is 1.54. The Morgan fingerprint density at radius 3 is 2.75 bits per heavy atom. The van der Waals surface area contributed by atoms with Crippen molar-refractivity contribution >= 4 is 5.78 Å². The molecule has 0 amide bonds. The molecule has 1 unspecified atom stereocenters. The molecule has 1 N–H and O–H groups in total. The standard InChI is InChI=1S/C10H16O2/c1-7(2)8-3-5-9(11)10(12)6-4-8/h3,5,7-9,11H,4,6H2,1-2H3/t8-,9?/m0/s1. The van der Waals surface area contributed by atoms with Crippen molar-refractivity contribution in [3.63, 3.8) is 0 Å². The Kier molecular flexibility index (Phi) is 3.04. The molecule has 1 aliphatic rings. The fraction of sp³-hybridized carbons (Fsp3) is 0.700. The van der Waals surface area contributed by atoms with E-state index in [4.69, 9.17) is 0 Å². The van der Waals surface area contributed by atoms with Crippen LogP contribution >= 0.6 is 0 Å². The van der Waals surface area contributed by atoms with Gasteiger partial charge in [0.05, 0.1) is 0 Å². The molecule has 12 heavy (non-hydrogen) atoms. The second-order valence-corrected chi connectivity index (χ2v) is 3.74. The smallest absolute Gasteiger partial charge is 0.165 e. The lowest BCUT2D eigenvalue weighted by Gasteiger charge is -2.13. The Morgan fingerprint density at radius 2 is 2.17 bits per heavy atom. The highest BCUT2D eigenvalue weighted by atomic mass is 16.3. The van der Waals surface area contributed by atoms with Gasteiger partial charge < -0.3 is 5.11 Å². The van der Waals surface area contributed by atoms with Gasteiger partial charge in [-0.25, -0.2) is 0 Å². The van der Waals surface area contributed by atoms with E-state index in [2.05, 4.69) is 13.8 Å². The van der Waals surface area contributed by atoms with Crippen LogP contribution < -0.4 is 0 Å². The maximum absolute atomic E-state index is 11.1. The second kappa shape index (κ2) is 3.85. The van der Waals surface area contributed by atoms with Crippen LogP contribution in [0.3, 0.4) is 0 Å². The van der Waals surface area contributed by atoms with Gasteiger partial charge >= 0.3 is 0 Å². The maximum atomic E-state index is 11.1. The Bertz CT molecular complexity index is 194. The summed E-state index contributed by atoms with van der Waals surface area (Å²) in [7, 11) is 0. The van der Waals surface area contributed by atoms with Crippen molar-refractivity contribution in [3.8, 4) is 0 Å². The summed E-state index contributed by atoms with van der Waals surface area (Å²) in [6, 6.07) is 0. The van der Waals surface area contributed by atoms with Gasteiger partial charge in [0, 0.05) is 6.42 Å². The lowest BCUT2D eigenvalue weighted by Crippen LogP contribution is -2.15. The molecule has 0 saturated carbocycles. The molecule has 68 valence electrons. The lowest BCUT2D eigenvalue weighted by atomic mass is 9.92. The quantitative estimate of drug-likeness (QED) is 0.603. The Labute approximate surface area is 73.3 Å². The molecular formula is C10H16O2. The third-order valence-corrected chi connectivity index (χ3v) is 2.45. The van der Waals surface area contributed by atoms with E-state index < -0.39 is 6.10 Å². The molecule has 0 aromatic rings. The number of carbonyl (C=O) groups is 1. The molecule has 2 nitrogen and oxygen atoms in total. The van der Waals surface area contributed by atoms with E-state index in [9.17, 15) is 9.90 Å². The van der Waals surface area contributed by atoms with Crippen molar-refractivity contribution in [2.75, 3.05) is 0 Å². The molecular weight excluding hydrogens is 152 g/mol. The van der Waals surface area contributed by atoms with Crippen LogP contribution in [0.1, 0.15) is 26.7 Å². The van der Waals surface area contributed by atoms with Gasteiger partial charge in [0.2, 0.25) is 0 Å². The number of ketones is 1. The average Bonchev–Trinajstić information content (AvgIpc) is 2.16. The van der Waals surface area contributed by atoms with Crippen molar-refractivity contribution < 1.29 is 9.90 Å². The summed E-state index contributed by atoms with van der Waals surface area (Å²) in [6.07, 6.45) is 4.13. The Hall–Kier alpha value is -0.630. The zero-order chi connectivity index (χ0) is 9.14. The first-order valence-electron chi connectivity index (χ1n) is 4.50. The number of aliphatic hydroxyl groups is 1. The molecule has 0 aromatic heterocycles. The molecule has 0 fully saturated rings. The van der Waals surface area contributed by atoms with Gasteiger partial charge in [-0.05, 0) is 18.3 Å². The molecule has 2 heteroatoms. The number of carbonyl (C=O) groups excluding carboxylic acids is 1. The number of hydrogen-bond donors (Lipinski definition) is 1. The van der Waals surface area contributed by atoms with E-state index in [-0.39, 0.29) is 5.78 Å². The Balaban J connectivity index is 2.63. The van der Waals surface area contributed by atoms with Gasteiger partial charge in [0.15, 0.2) is 5.78 Å². The minimum absolute atomic E-state index is 0.0469. The van der Waals surface area contributed by atoms with E-state index >= 15 is 0 Å². The number of aliphatic hydroxyl groups excluding tert-OH is 1. The minimum Gasteiger partial charge on any atom is -0.381 e. The first kappa shape index (κ1) is 9.46. The van der Waals surface area contributed by atoms with Crippen LogP contribution in [0.2, 0.25) is 0 Å². The number of allylic oxidation sites excluding steroid dienone is 1. The Morgan fingerprint density at radius 1 is 1.50 bits per heavy atom. The van der Waals surface area contributed by atoms with Crippen molar-refractivity contribution in [2.24, 2.45) is 11.8 Å². The summed E-state index contributed by atoms with van der Waals surface area (Å²) in [5, 5.41) is 9.22. The van der Waals surface area contributed by atoms with Gasteiger partial charge in [0.25, 0.3) is 0 Å². The fourth-order valence-corrected chi connectivity index (χ4v) is 1.46. The molecule has 0 spiro atoms. The topological polar surface area (TPSA) is 37.3 Å². The van der Waals surface area contributed by atoms with Crippen molar-refractivity contribution in [2.45, 2.75) is 32.8 Å². The van der Waals surface area contributed by atoms with Gasteiger partial charge in [-0.1, -0.05) is 26.0 Å².